The second kappa shape index (κ2) is 5.76. The molecule has 0 radical (unpaired) electrons. The summed E-state index contributed by atoms with van der Waals surface area (Å²) in [7, 11) is 0. The minimum Gasteiger partial charge on any atom is -0.457 e. The van der Waals surface area contributed by atoms with E-state index in [9.17, 15) is 0 Å². The van der Waals surface area contributed by atoms with Crippen molar-refractivity contribution < 1.29 is 4.74 Å². The van der Waals surface area contributed by atoms with Crippen LogP contribution in [0.2, 0.25) is 0 Å². The van der Waals surface area contributed by atoms with Crippen LogP contribution in [0.4, 0.5) is 0 Å². The SMILES string of the molecule is NCCc1ccc(Oc2ccc3ccccc3c2)cc1. The van der Waals surface area contributed by atoms with Crippen molar-refractivity contribution in [3.63, 3.8) is 0 Å². The standard InChI is InChI=1S/C18H17NO/c19-12-11-14-5-8-17(9-6-14)20-18-10-7-15-3-1-2-4-16(15)13-18/h1-10,13H,11-12,19H2. The van der Waals surface area contributed by atoms with E-state index in [-0.39, 0.29) is 0 Å². The predicted octanol–water partition coefficient (Wildman–Crippen LogP) is 4.13. The van der Waals surface area contributed by atoms with E-state index in [2.05, 4.69) is 36.4 Å². The molecule has 0 aliphatic heterocycles. The molecule has 0 atom stereocenters. The van der Waals surface area contributed by atoms with Gasteiger partial charge >= 0.3 is 0 Å². The average Bonchev–Trinajstić information content (AvgIpc) is 2.49. The third kappa shape index (κ3) is 2.81. The number of nitrogens with two attached hydrogens (primary N) is 1. The zero-order valence-electron chi connectivity index (χ0n) is 11.3. The maximum Gasteiger partial charge on any atom is 0.128 e. The normalized spacial score (nSPS) is 10.7. The molecule has 0 spiro atoms. The molecule has 0 fully saturated rings. The molecule has 3 rings (SSSR count). The molecule has 0 aromatic heterocycles. The number of hydrogen-bond acceptors (Lipinski definition) is 2. The van der Waals surface area contributed by atoms with E-state index >= 15 is 0 Å². The van der Waals surface area contributed by atoms with Crippen molar-refractivity contribution in [2.24, 2.45) is 5.73 Å². The highest BCUT2D eigenvalue weighted by Gasteiger charge is 2.00. The Morgan fingerprint density at radius 2 is 1.45 bits per heavy atom. The minimum atomic E-state index is 0.672. The van der Waals surface area contributed by atoms with Crippen LogP contribution in [0.15, 0.2) is 66.7 Å². The van der Waals surface area contributed by atoms with Gasteiger partial charge in [0.05, 0.1) is 0 Å². The maximum absolute atomic E-state index is 5.89. The van der Waals surface area contributed by atoms with Crippen molar-refractivity contribution >= 4 is 10.8 Å². The molecule has 0 aliphatic rings. The topological polar surface area (TPSA) is 35.2 Å². The molecular weight excluding hydrogens is 246 g/mol. The largest absolute Gasteiger partial charge is 0.457 e. The van der Waals surface area contributed by atoms with Crippen LogP contribution in [0.3, 0.4) is 0 Å². The molecule has 100 valence electrons. The van der Waals surface area contributed by atoms with Crippen LogP contribution >= 0.6 is 0 Å². The molecule has 3 aromatic rings. The van der Waals surface area contributed by atoms with Crippen molar-refractivity contribution in [3.8, 4) is 11.5 Å². The van der Waals surface area contributed by atoms with Crippen LogP contribution in [0.1, 0.15) is 5.56 Å². The van der Waals surface area contributed by atoms with E-state index in [1.807, 2.05) is 30.3 Å². The molecule has 0 heterocycles. The number of ether oxygens (including phenoxy) is 1. The molecular formula is C18H17NO. The lowest BCUT2D eigenvalue weighted by atomic mass is 10.1. The van der Waals surface area contributed by atoms with Gasteiger partial charge in [-0.15, -0.1) is 0 Å². The Hall–Kier alpha value is -2.32. The van der Waals surface area contributed by atoms with Crippen molar-refractivity contribution in [2.75, 3.05) is 6.54 Å². The summed E-state index contributed by atoms with van der Waals surface area (Å²) in [5.41, 5.74) is 6.78. The molecule has 2 nitrogen and oxygen atoms in total. The van der Waals surface area contributed by atoms with Crippen molar-refractivity contribution in [1.82, 2.24) is 0 Å². The fourth-order valence-corrected chi connectivity index (χ4v) is 2.26. The molecule has 0 unspecified atom stereocenters. The smallest absolute Gasteiger partial charge is 0.128 e. The third-order valence-corrected chi connectivity index (χ3v) is 3.31. The Labute approximate surface area is 118 Å². The Bertz CT molecular complexity index is 704. The first-order valence-electron chi connectivity index (χ1n) is 6.81. The second-order valence-corrected chi connectivity index (χ2v) is 4.79. The van der Waals surface area contributed by atoms with Gasteiger partial charge in [-0.2, -0.15) is 0 Å². The van der Waals surface area contributed by atoms with Gasteiger partial charge < -0.3 is 10.5 Å². The average molecular weight is 263 g/mol. The van der Waals surface area contributed by atoms with Gasteiger partial charge in [-0.3, -0.25) is 0 Å². The van der Waals surface area contributed by atoms with Gasteiger partial charge in [-0.1, -0.05) is 42.5 Å². The molecule has 0 aliphatic carbocycles. The summed E-state index contributed by atoms with van der Waals surface area (Å²) >= 11 is 0. The molecule has 2 N–H and O–H groups in total. The molecule has 0 bridgehead atoms. The number of fused-ring (bicyclic) bond motifs is 1. The molecule has 0 saturated heterocycles. The number of rotatable bonds is 4. The fourth-order valence-electron chi connectivity index (χ4n) is 2.26. The van der Waals surface area contributed by atoms with E-state index in [1.165, 1.54) is 16.3 Å². The lowest BCUT2D eigenvalue weighted by Crippen LogP contribution is -2.02. The molecule has 0 amide bonds. The Kier molecular flexibility index (Phi) is 3.66. The first kappa shape index (κ1) is 12.7. The highest BCUT2D eigenvalue weighted by Crippen LogP contribution is 2.25. The third-order valence-electron chi connectivity index (χ3n) is 3.31. The Balaban J connectivity index is 1.81. The van der Waals surface area contributed by atoms with E-state index < -0.39 is 0 Å². The first-order chi connectivity index (χ1) is 9.85. The van der Waals surface area contributed by atoms with Crippen LogP contribution in [0, 0.1) is 0 Å². The van der Waals surface area contributed by atoms with Crippen LogP contribution in [0.5, 0.6) is 11.5 Å². The van der Waals surface area contributed by atoms with Gasteiger partial charge in [0.25, 0.3) is 0 Å². The highest BCUT2D eigenvalue weighted by atomic mass is 16.5. The lowest BCUT2D eigenvalue weighted by molar-refractivity contribution is 0.483. The van der Waals surface area contributed by atoms with Gasteiger partial charge in [0.2, 0.25) is 0 Å². The van der Waals surface area contributed by atoms with Gasteiger partial charge in [0, 0.05) is 0 Å². The van der Waals surface area contributed by atoms with Gasteiger partial charge in [0.1, 0.15) is 11.5 Å². The highest BCUT2D eigenvalue weighted by molar-refractivity contribution is 5.83. The van der Waals surface area contributed by atoms with Crippen molar-refractivity contribution in [3.05, 3.63) is 72.3 Å². The molecule has 20 heavy (non-hydrogen) atoms. The number of hydrogen-bond donors (Lipinski definition) is 1. The van der Waals surface area contributed by atoms with Crippen molar-refractivity contribution in [1.29, 1.82) is 0 Å². The van der Waals surface area contributed by atoms with E-state index in [0.717, 1.165) is 17.9 Å². The quantitative estimate of drug-likeness (QED) is 0.768. The second-order valence-electron chi connectivity index (χ2n) is 4.79. The van der Waals surface area contributed by atoms with Crippen LogP contribution in [-0.2, 0) is 6.42 Å². The Morgan fingerprint density at radius 3 is 2.20 bits per heavy atom. The maximum atomic E-state index is 5.89. The fraction of sp³-hybridized carbons (Fsp3) is 0.111. The van der Waals surface area contributed by atoms with Crippen LogP contribution in [0.25, 0.3) is 10.8 Å². The predicted molar refractivity (Wildman–Crippen MR) is 83.2 cm³/mol. The lowest BCUT2D eigenvalue weighted by Gasteiger charge is -2.07. The van der Waals surface area contributed by atoms with Crippen LogP contribution in [-0.4, -0.2) is 6.54 Å². The summed E-state index contributed by atoms with van der Waals surface area (Å²) in [5, 5.41) is 2.41. The van der Waals surface area contributed by atoms with E-state index in [0.29, 0.717) is 6.54 Å². The van der Waals surface area contributed by atoms with Crippen LogP contribution < -0.4 is 10.5 Å². The molecule has 3 aromatic carbocycles. The molecule has 0 saturated carbocycles. The summed E-state index contributed by atoms with van der Waals surface area (Å²) < 4.78 is 5.89. The van der Waals surface area contributed by atoms with Gasteiger partial charge in [-0.05, 0) is 53.6 Å². The summed E-state index contributed by atoms with van der Waals surface area (Å²) in [5.74, 6) is 1.70. The monoisotopic (exact) mass is 263 g/mol. The van der Waals surface area contributed by atoms with Gasteiger partial charge in [0.15, 0.2) is 0 Å². The first-order valence-corrected chi connectivity index (χ1v) is 6.81. The summed E-state index contributed by atoms with van der Waals surface area (Å²) in [4.78, 5) is 0. The summed E-state index contributed by atoms with van der Waals surface area (Å²) in [6.45, 7) is 0.672. The van der Waals surface area contributed by atoms with Gasteiger partial charge in [-0.25, -0.2) is 0 Å². The summed E-state index contributed by atoms with van der Waals surface area (Å²) in [6, 6.07) is 22.5. The van der Waals surface area contributed by atoms with E-state index in [4.69, 9.17) is 10.5 Å². The zero-order valence-corrected chi connectivity index (χ0v) is 11.3. The number of benzene rings is 3. The molecule has 2 heteroatoms. The van der Waals surface area contributed by atoms with Crippen molar-refractivity contribution in [2.45, 2.75) is 6.42 Å². The Morgan fingerprint density at radius 1 is 0.750 bits per heavy atom. The zero-order chi connectivity index (χ0) is 13.8. The van der Waals surface area contributed by atoms with E-state index in [1.54, 1.807) is 0 Å². The minimum absolute atomic E-state index is 0.672. The summed E-state index contributed by atoms with van der Waals surface area (Å²) in [6.07, 6.45) is 0.899.